The average molecular weight is 369 g/mol. The molecule has 0 aliphatic carbocycles. The van der Waals surface area contributed by atoms with Gasteiger partial charge in [-0.2, -0.15) is 0 Å². The highest BCUT2D eigenvalue weighted by Gasteiger charge is 2.21. The summed E-state index contributed by atoms with van der Waals surface area (Å²) in [7, 11) is 3.54. The molecule has 0 unspecified atom stereocenters. The van der Waals surface area contributed by atoms with Crippen molar-refractivity contribution in [3.63, 3.8) is 0 Å². The van der Waals surface area contributed by atoms with Gasteiger partial charge < -0.3 is 20.3 Å². The number of ether oxygens (including phenoxy) is 1. The third-order valence-corrected chi connectivity index (χ3v) is 5.40. The van der Waals surface area contributed by atoms with Gasteiger partial charge in [-0.1, -0.05) is 18.2 Å². The Morgan fingerprint density at radius 1 is 1.15 bits per heavy atom. The van der Waals surface area contributed by atoms with Crippen LogP contribution in [0.5, 0.6) is 5.75 Å². The topological polar surface area (TPSA) is 48.9 Å². The molecule has 1 aliphatic rings. The lowest BCUT2D eigenvalue weighted by Crippen LogP contribution is -2.49. The van der Waals surface area contributed by atoms with Gasteiger partial charge in [0.15, 0.2) is 5.96 Å². The lowest BCUT2D eigenvalue weighted by atomic mass is 10.0. The molecule has 0 radical (unpaired) electrons. The van der Waals surface area contributed by atoms with Crippen molar-refractivity contribution in [3.8, 4) is 5.75 Å². The molecule has 1 saturated heterocycles. The standard InChI is InChI=1S/C22H32N4O/c1-16(2)26-11-9-20(10-12-26)25-22(23-3)24-15-17-5-6-19-14-21(27-4)8-7-18(19)13-17/h5-8,13-14,16,20H,9-12,15H2,1-4H3,(H2,23,24,25). The van der Waals surface area contributed by atoms with Crippen LogP contribution in [-0.2, 0) is 6.54 Å². The molecule has 0 aromatic heterocycles. The number of aliphatic imine (C=N–C) groups is 1. The molecule has 0 saturated carbocycles. The van der Waals surface area contributed by atoms with E-state index in [0.29, 0.717) is 12.1 Å². The van der Waals surface area contributed by atoms with Crippen LogP contribution in [0.1, 0.15) is 32.3 Å². The van der Waals surface area contributed by atoms with Crippen LogP contribution in [0.4, 0.5) is 0 Å². The van der Waals surface area contributed by atoms with Crippen molar-refractivity contribution < 1.29 is 4.74 Å². The molecule has 0 atom stereocenters. The number of guanidine groups is 1. The predicted molar refractivity (Wildman–Crippen MR) is 114 cm³/mol. The van der Waals surface area contributed by atoms with Gasteiger partial charge in [-0.15, -0.1) is 0 Å². The fourth-order valence-corrected chi connectivity index (χ4v) is 3.64. The number of rotatable bonds is 5. The second-order valence-corrected chi connectivity index (χ2v) is 7.52. The highest BCUT2D eigenvalue weighted by Crippen LogP contribution is 2.21. The maximum atomic E-state index is 5.30. The maximum absolute atomic E-state index is 5.30. The Bertz CT molecular complexity index is 779. The molecule has 1 aliphatic heterocycles. The third-order valence-electron chi connectivity index (χ3n) is 5.40. The smallest absolute Gasteiger partial charge is 0.191 e. The molecule has 0 bridgehead atoms. The molecule has 5 heteroatoms. The third kappa shape index (κ3) is 5.13. The second-order valence-electron chi connectivity index (χ2n) is 7.52. The van der Waals surface area contributed by atoms with E-state index in [2.05, 4.69) is 64.7 Å². The number of fused-ring (bicyclic) bond motifs is 1. The summed E-state index contributed by atoms with van der Waals surface area (Å²) in [6.45, 7) is 7.61. The van der Waals surface area contributed by atoms with Crippen LogP contribution < -0.4 is 15.4 Å². The van der Waals surface area contributed by atoms with E-state index < -0.39 is 0 Å². The first-order valence-electron chi connectivity index (χ1n) is 9.87. The Balaban J connectivity index is 1.54. The summed E-state index contributed by atoms with van der Waals surface area (Å²) in [5, 5.41) is 9.45. The molecule has 1 heterocycles. The van der Waals surface area contributed by atoms with Crippen LogP contribution in [0.25, 0.3) is 10.8 Å². The highest BCUT2D eigenvalue weighted by molar-refractivity contribution is 5.85. The number of nitrogens with zero attached hydrogens (tertiary/aromatic N) is 2. The number of hydrogen-bond acceptors (Lipinski definition) is 3. The van der Waals surface area contributed by atoms with Gasteiger partial charge in [0.25, 0.3) is 0 Å². The van der Waals surface area contributed by atoms with Gasteiger partial charge in [-0.05, 0) is 61.2 Å². The molecule has 0 spiro atoms. The van der Waals surface area contributed by atoms with E-state index in [-0.39, 0.29) is 0 Å². The summed E-state index contributed by atoms with van der Waals surface area (Å²) in [5.41, 5.74) is 1.24. The molecule has 5 nitrogen and oxygen atoms in total. The zero-order valence-electron chi connectivity index (χ0n) is 17.0. The molecular weight excluding hydrogens is 336 g/mol. The summed E-state index contributed by atoms with van der Waals surface area (Å²) >= 11 is 0. The van der Waals surface area contributed by atoms with E-state index in [0.717, 1.165) is 44.2 Å². The van der Waals surface area contributed by atoms with E-state index >= 15 is 0 Å². The van der Waals surface area contributed by atoms with Crippen molar-refractivity contribution >= 4 is 16.7 Å². The molecular formula is C22H32N4O. The van der Waals surface area contributed by atoms with Crippen molar-refractivity contribution in [2.45, 2.75) is 45.3 Å². The largest absolute Gasteiger partial charge is 0.497 e. The fourth-order valence-electron chi connectivity index (χ4n) is 3.64. The molecule has 2 N–H and O–H groups in total. The Morgan fingerprint density at radius 3 is 2.52 bits per heavy atom. The van der Waals surface area contributed by atoms with Crippen LogP contribution >= 0.6 is 0 Å². The van der Waals surface area contributed by atoms with Gasteiger partial charge in [-0.25, -0.2) is 0 Å². The molecule has 27 heavy (non-hydrogen) atoms. The van der Waals surface area contributed by atoms with Crippen molar-refractivity contribution in [2.75, 3.05) is 27.2 Å². The number of hydrogen-bond donors (Lipinski definition) is 2. The predicted octanol–water partition coefficient (Wildman–Crippen LogP) is 3.39. The molecule has 0 amide bonds. The normalized spacial score (nSPS) is 16.7. The summed E-state index contributed by atoms with van der Waals surface area (Å²) < 4.78 is 5.30. The number of nitrogens with one attached hydrogen (secondary N) is 2. The zero-order valence-corrected chi connectivity index (χ0v) is 17.0. The van der Waals surface area contributed by atoms with Crippen molar-refractivity contribution in [1.29, 1.82) is 0 Å². The van der Waals surface area contributed by atoms with E-state index in [1.807, 2.05) is 13.1 Å². The minimum atomic E-state index is 0.496. The first-order chi connectivity index (χ1) is 13.1. The summed E-state index contributed by atoms with van der Waals surface area (Å²) in [6, 6.07) is 13.8. The van der Waals surface area contributed by atoms with Crippen molar-refractivity contribution in [1.82, 2.24) is 15.5 Å². The lowest BCUT2D eigenvalue weighted by molar-refractivity contribution is 0.167. The van der Waals surface area contributed by atoms with Gasteiger partial charge in [0.05, 0.1) is 7.11 Å². The zero-order chi connectivity index (χ0) is 19.2. The van der Waals surface area contributed by atoms with Crippen LogP contribution in [0.2, 0.25) is 0 Å². The van der Waals surface area contributed by atoms with Crippen LogP contribution in [0, 0.1) is 0 Å². The molecule has 1 fully saturated rings. The molecule has 146 valence electrons. The average Bonchev–Trinajstić information content (AvgIpc) is 2.70. The minimum Gasteiger partial charge on any atom is -0.497 e. The first kappa shape index (κ1) is 19.5. The van der Waals surface area contributed by atoms with Crippen LogP contribution in [0.15, 0.2) is 41.4 Å². The van der Waals surface area contributed by atoms with E-state index in [1.54, 1.807) is 7.11 Å². The fraction of sp³-hybridized carbons (Fsp3) is 0.500. The molecule has 2 aromatic rings. The minimum absolute atomic E-state index is 0.496. The number of methoxy groups -OCH3 is 1. The summed E-state index contributed by atoms with van der Waals surface area (Å²) in [6.07, 6.45) is 2.33. The van der Waals surface area contributed by atoms with Gasteiger partial charge >= 0.3 is 0 Å². The Kier molecular flexibility index (Phi) is 6.56. The van der Waals surface area contributed by atoms with E-state index in [1.165, 1.54) is 16.3 Å². The Morgan fingerprint density at radius 2 is 1.85 bits per heavy atom. The van der Waals surface area contributed by atoms with Crippen molar-refractivity contribution in [3.05, 3.63) is 42.0 Å². The molecule has 3 rings (SSSR count). The maximum Gasteiger partial charge on any atom is 0.191 e. The monoisotopic (exact) mass is 368 g/mol. The van der Waals surface area contributed by atoms with Gasteiger partial charge in [0.1, 0.15) is 5.75 Å². The number of piperidine rings is 1. The van der Waals surface area contributed by atoms with Gasteiger partial charge in [-0.3, -0.25) is 4.99 Å². The van der Waals surface area contributed by atoms with Crippen LogP contribution in [-0.4, -0.2) is 50.2 Å². The quantitative estimate of drug-likeness (QED) is 0.627. The Labute approximate surface area is 162 Å². The van der Waals surface area contributed by atoms with Gasteiger partial charge in [0.2, 0.25) is 0 Å². The molecule has 2 aromatic carbocycles. The number of benzene rings is 2. The van der Waals surface area contributed by atoms with Crippen LogP contribution in [0.3, 0.4) is 0 Å². The highest BCUT2D eigenvalue weighted by atomic mass is 16.5. The summed E-state index contributed by atoms with van der Waals surface area (Å²) in [4.78, 5) is 6.94. The van der Waals surface area contributed by atoms with Crippen molar-refractivity contribution in [2.24, 2.45) is 4.99 Å². The SMILES string of the molecule is CN=C(NCc1ccc2cc(OC)ccc2c1)NC1CCN(C(C)C)CC1. The first-order valence-corrected chi connectivity index (χ1v) is 9.87. The second kappa shape index (κ2) is 9.09. The lowest BCUT2D eigenvalue weighted by Gasteiger charge is -2.35. The Hall–Kier alpha value is -2.27. The number of likely N-dealkylation sites (tertiary alicyclic amines) is 1. The summed E-state index contributed by atoms with van der Waals surface area (Å²) in [5.74, 6) is 1.77. The van der Waals surface area contributed by atoms with Gasteiger partial charge in [0, 0.05) is 38.8 Å². The van der Waals surface area contributed by atoms with E-state index in [4.69, 9.17) is 4.74 Å². The van der Waals surface area contributed by atoms with E-state index in [9.17, 15) is 0 Å².